The van der Waals surface area contributed by atoms with Gasteiger partial charge in [-0.15, -0.1) is 0 Å². The first-order valence-electron chi connectivity index (χ1n) is 8.98. The zero-order valence-corrected chi connectivity index (χ0v) is 15.8. The maximum Gasteiger partial charge on any atom is 0.159 e. The first-order valence-corrected chi connectivity index (χ1v) is 9.92. The molecule has 2 N–H and O–H groups in total. The van der Waals surface area contributed by atoms with Crippen LogP contribution in [0, 0.1) is 0 Å². The van der Waals surface area contributed by atoms with Crippen LogP contribution in [-0.2, 0) is 0 Å². The molecule has 29 heavy (non-hydrogen) atoms. The second kappa shape index (κ2) is 6.32. The van der Waals surface area contributed by atoms with E-state index in [1.54, 1.807) is 23.7 Å². The summed E-state index contributed by atoms with van der Waals surface area (Å²) in [5.41, 5.74) is 7.28. The molecule has 0 saturated carbocycles. The number of fused-ring (bicyclic) bond motifs is 2. The molecule has 0 unspecified atom stereocenters. The minimum absolute atomic E-state index is 0.681. The Hall–Kier alpha value is -3.91. The number of hydrogen-bond donors (Lipinski definition) is 2. The highest BCUT2D eigenvalue weighted by Crippen LogP contribution is 2.32. The van der Waals surface area contributed by atoms with Gasteiger partial charge in [-0.1, -0.05) is 6.07 Å². The van der Waals surface area contributed by atoms with Crippen molar-refractivity contribution in [1.82, 2.24) is 35.1 Å². The van der Waals surface area contributed by atoms with Crippen LogP contribution in [0.25, 0.3) is 55.8 Å². The van der Waals surface area contributed by atoms with Gasteiger partial charge < -0.3 is 4.98 Å². The summed E-state index contributed by atoms with van der Waals surface area (Å²) in [5.74, 6) is 0.681. The van der Waals surface area contributed by atoms with E-state index in [0.29, 0.717) is 11.5 Å². The topological polar surface area (TPSA) is 96.0 Å². The third kappa shape index (κ3) is 2.61. The predicted molar refractivity (Wildman–Crippen MR) is 113 cm³/mol. The van der Waals surface area contributed by atoms with Crippen molar-refractivity contribution < 1.29 is 0 Å². The molecule has 6 rings (SSSR count). The Bertz CT molecular complexity index is 1450. The van der Waals surface area contributed by atoms with E-state index < -0.39 is 0 Å². The van der Waals surface area contributed by atoms with Crippen molar-refractivity contribution in [3.63, 3.8) is 0 Å². The maximum absolute atomic E-state index is 4.85. The van der Waals surface area contributed by atoms with Crippen molar-refractivity contribution in [1.29, 1.82) is 0 Å². The molecule has 0 aliphatic rings. The summed E-state index contributed by atoms with van der Waals surface area (Å²) < 4.78 is 0. The van der Waals surface area contributed by atoms with E-state index in [-0.39, 0.29) is 0 Å². The molecular formula is C21H13N7S. The zero-order valence-electron chi connectivity index (χ0n) is 15.0. The molecule has 6 aromatic rings. The average molecular weight is 395 g/mol. The van der Waals surface area contributed by atoms with Crippen LogP contribution in [0.15, 0.2) is 66.0 Å². The van der Waals surface area contributed by atoms with Crippen molar-refractivity contribution in [2.75, 3.05) is 0 Å². The van der Waals surface area contributed by atoms with Crippen LogP contribution in [0.5, 0.6) is 0 Å². The molecule has 0 fully saturated rings. The number of pyridine rings is 3. The summed E-state index contributed by atoms with van der Waals surface area (Å²) in [6.45, 7) is 0. The zero-order chi connectivity index (χ0) is 19.2. The molecule has 6 heterocycles. The SMILES string of the molecule is c1cncc(-c2cnc3[nH]nc(-c4nc5c(-c6ccsc6)cncc5[nH]4)c3c2)c1. The van der Waals surface area contributed by atoms with Crippen molar-refractivity contribution >= 4 is 33.4 Å². The fourth-order valence-corrected chi connectivity index (χ4v) is 4.11. The van der Waals surface area contributed by atoms with Gasteiger partial charge in [0.25, 0.3) is 0 Å². The fourth-order valence-electron chi connectivity index (χ4n) is 3.45. The highest BCUT2D eigenvalue weighted by atomic mass is 32.1. The number of imidazole rings is 1. The number of aromatic amines is 2. The van der Waals surface area contributed by atoms with Crippen LogP contribution in [0.1, 0.15) is 0 Å². The van der Waals surface area contributed by atoms with Crippen LogP contribution in [0.3, 0.4) is 0 Å². The number of rotatable bonds is 3. The third-order valence-corrected chi connectivity index (χ3v) is 5.55. The Morgan fingerprint density at radius 1 is 0.931 bits per heavy atom. The molecular weight excluding hydrogens is 382 g/mol. The molecule has 0 spiro atoms. The molecule has 7 nitrogen and oxygen atoms in total. The highest BCUT2D eigenvalue weighted by molar-refractivity contribution is 7.08. The van der Waals surface area contributed by atoms with Crippen molar-refractivity contribution in [2.24, 2.45) is 0 Å². The van der Waals surface area contributed by atoms with Gasteiger partial charge in [-0.25, -0.2) is 9.97 Å². The summed E-state index contributed by atoms with van der Waals surface area (Å²) in [6, 6.07) is 8.05. The largest absolute Gasteiger partial charge is 0.335 e. The monoisotopic (exact) mass is 395 g/mol. The Balaban J connectivity index is 1.53. The van der Waals surface area contributed by atoms with E-state index in [2.05, 4.69) is 53.0 Å². The van der Waals surface area contributed by atoms with Gasteiger partial charge in [0.1, 0.15) is 11.2 Å². The quantitative estimate of drug-likeness (QED) is 0.453. The molecule has 0 atom stereocenters. The molecule has 0 bridgehead atoms. The molecule has 0 aliphatic carbocycles. The maximum atomic E-state index is 4.85. The normalized spacial score (nSPS) is 11.4. The molecule has 6 aromatic heterocycles. The molecule has 8 heteroatoms. The predicted octanol–water partition coefficient (Wildman–Crippen LogP) is 4.69. The molecule has 0 saturated heterocycles. The summed E-state index contributed by atoms with van der Waals surface area (Å²) in [5, 5.41) is 12.5. The lowest BCUT2D eigenvalue weighted by atomic mass is 10.1. The number of thiophene rings is 1. The minimum atomic E-state index is 0.681. The Morgan fingerprint density at radius 2 is 1.93 bits per heavy atom. The van der Waals surface area contributed by atoms with E-state index >= 15 is 0 Å². The first-order chi connectivity index (χ1) is 14.4. The standard InChI is InChI=1S/C21H13N7S/c1-2-12(7-22-4-1)14-6-15-19(27-28-20(15)24-8-14)21-25-17-10-23-9-16(18(17)26-21)13-3-5-29-11-13/h1-11H,(H,25,26)(H,24,27,28). The summed E-state index contributed by atoms with van der Waals surface area (Å²) >= 11 is 1.65. The molecule has 138 valence electrons. The van der Waals surface area contributed by atoms with Gasteiger partial charge in [-0.3, -0.25) is 15.1 Å². The number of nitrogens with one attached hydrogen (secondary N) is 2. The lowest BCUT2D eigenvalue weighted by molar-refractivity contribution is 1.09. The summed E-state index contributed by atoms with van der Waals surface area (Å²) in [4.78, 5) is 21.3. The van der Waals surface area contributed by atoms with E-state index in [0.717, 1.165) is 44.4 Å². The van der Waals surface area contributed by atoms with Gasteiger partial charge in [0.05, 0.1) is 17.1 Å². The van der Waals surface area contributed by atoms with Crippen LogP contribution in [0.4, 0.5) is 0 Å². The lowest BCUT2D eigenvalue weighted by Gasteiger charge is -2.00. The smallest absolute Gasteiger partial charge is 0.159 e. The molecule has 0 aromatic carbocycles. The van der Waals surface area contributed by atoms with Gasteiger partial charge in [0.2, 0.25) is 0 Å². The van der Waals surface area contributed by atoms with Crippen molar-refractivity contribution in [3.8, 4) is 33.8 Å². The Morgan fingerprint density at radius 3 is 2.79 bits per heavy atom. The van der Waals surface area contributed by atoms with Crippen LogP contribution in [-0.4, -0.2) is 35.1 Å². The van der Waals surface area contributed by atoms with E-state index in [1.807, 2.05) is 30.7 Å². The Labute approximate surface area is 168 Å². The number of hydrogen-bond acceptors (Lipinski definition) is 6. The summed E-state index contributed by atoms with van der Waals surface area (Å²) in [7, 11) is 0. The van der Waals surface area contributed by atoms with E-state index in [4.69, 9.17) is 4.98 Å². The van der Waals surface area contributed by atoms with Crippen LogP contribution < -0.4 is 0 Å². The van der Waals surface area contributed by atoms with Gasteiger partial charge in [0, 0.05) is 41.5 Å². The summed E-state index contributed by atoms with van der Waals surface area (Å²) in [6.07, 6.45) is 9.03. The number of nitrogens with zero attached hydrogens (tertiary/aromatic N) is 5. The van der Waals surface area contributed by atoms with Gasteiger partial charge >= 0.3 is 0 Å². The van der Waals surface area contributed by atoms with E-state index in [1.165, 1.54) is 0 Å². The van der Waals surface area contributed by atoms with Gasteiger partial charge in [-0.05, 0) is 34.5 Å². The van der Waals surface area contributed by atoms with Crippen molar-refractivity contribution in [2.45, 2.75) is 0 Å². The number of aromatic nitrogens is 7. The lowest BCUT2D eigenvalue weighted by Crippen LogP contribution is -1.84. The highest BCUT2D eigenvalue weighted by Gasteiger charge is 2.16. The van der Waals surface area contributed by atoms with Crippen LogP contribution >= 0.6 is 11.3 Å². The van der Waals surface area contributed by atoms with Crippen molar-refractivity contribution in [3.05, 3.63) is 66.0 Å². The third-order valence-electron chi connectivity index (χ3n) is 4.86. The van der Waals surface area contributed by atoms with Gasteiger partial charge in [0.15, 0.2) is 11.5 Å². The second-order valence-corrected chi connectivity index (χ2v) is 7.39. The fraction of sp³-hybridized carbons (Fsp3) is 0. The number of H-pyrrole nitrogens is 2. The molecule has 0 radical (unpaired) electrons. The first kappa shape index (κ1) is 16.1. The molecule has 0 amide bonds. The Kier molecular flexibility index (Phi) is 3.50. The van der Waals surface area contributed by atoms with E-state index in [9.17, 15) is 0 Å². The average Bonchev–Trinajstić information content (AvgIpc) is 3.52. The van der Waals surface area contributed by atoms with Crippen LogP contribution in [0.2, 0.25) is 0 Å². The molecule has 0 aliphatic heterocycles. The minimum Gasteiger partial charge on any atom is -0.335 e. The second-order valence-electron chi connectivity index (χ2n) is 6.61. The van der Waals surface area contributed by atoms with Gasteiger partial charge in [-0.2, -0.15) is 16.4 Å².